The van der Waals surface area contributed by atoms with Crippen LogP contribution in [-0.2, 0) is 0 Å². The zero-order valence-electron chi connectivity index (χ0n) is 10.7. The summed E-state index contributed by atoms with van der Waals surface area (Å²) in [5.74, 6) is 0. The Bertz CT molecular complexity index is 837. The maximum Gasteiger partial charge on any atom is 0.0958 e. The minimum absolute atomic E-state index is 0.631. The molecule has 0 spiro atoms. The van der Waals surface area contributed by atoms with Crippen molar-refractivity contribution in [3.8, 4) is 0 Å². The number of fused-ring (bicyclic) bond motifs is 1. The van der Waals surface area contributed by atoms with E-state index in [0.717, 1.165) is 31.2 Å². The van der Waals surface area contributed by atoms with Crippen molar-refractivity contribution in [2.24, 2.45) is 0 Å². The molecule has 3 aromatic rings. The van der Waals surface area contributed by atoms with Crippen LogP contribution in [0.15, 0.2) is 51.5 Å². The molecule has 0 aliphatic rings. The van der Waals surface area contributed by atoms with Crippen molar-refractivity contribution in [2.45, 2.75) is 0 Å². The molecule has 0 amide bonds. The number of rotatable bonds is 2. The third-order valence-corrected chi connectivity index (χ3v) is 4.29. The molecule has 0 radical (unpaired) electrons. The van der Waals surface area contributed by atoms with E-state index in [0.29, 0.717) is 10.7 Å². The third-order valence-electron chi connectivity index (χ3n) is 3.05. The van der Waals surface area contributed by atoms with E-state index in [4.69, 9.17) is 17.3 Å². The summed E-state index contributed by atoms with van der Waals surface area (Å²) in [6.07, 6.45) is 1.75. The molecule has 21 heavy (non-hydrogen) atoms. The Hall–Kier alpha value is -1.30. The second-order valence-corrected chi connectivity index (χ2v) is 6.74. The van der Waals surface area contributed by atoms with Crippen molar-refractivity contribution in [1.29, 1.82) is 0 Å². The van der Waals surface area contributed by atoms with Gasteiger partial charge in [0.05, 0.1) is 21.9 Å². The van der Waals surface area contributed by atoms with Gasteiger partial charge in [-0.3, -0.25) is 4.98 Å². The van der Waals surface area contributed by atoms with Gasteiger partial charge in [0.2, 0.25) is 0 Å². The smallest absolute Gasteiger partial charge is 0.0958 e. The molecule has 3 nitrogen and oxygen atoms in total. The normalized spacial score (nSPS) is 10.8. The summed E-state index contributed by atoms with van der Waals surface area (Å²) in [7, 11) is 0. The maximum absolute atomic E-state index is 6.24. The lowest BCUT2D eigenvalue weighted by Gasteiger charge is -2.12. The summed E-state index contributed by atoms with van der Waals surface area (Å²) in [4.78, 5) is 4.44. The Morgan fingerprint density at radius 3 is 2.52 bits per heavy atom. The first-order valence-electron chi connectivity index (χ1n) is 6.10. The van der Waals surface area contributed by atoms with Crippen LogP contribution in [0.2, 0.25) is 5.02 Å². The number of nitrogens with zero attached hydrogens (tertiary/aromatic N) is 1. The molecule has 2 aromatic carbocycles. The van der Waals surface area contributed by atoms with E-state index in [1.54, 1.807) is 6.20 Å². The molecule has 106 valence electrons. The van der Waals surface area contributed by atoms with Gasteiger partial charge in [0.25, 0.3) is 0 Å². The number of nitrogens with two attached hydrogens (primary N) is 1. The standard InChI is InChI=1S/C15H10Br2ClN3/c16-8-1-3-13(11(18)6-8)21-14-4-2-12(19)10-5-9(17)7-20-15(10)14/h1-7,21H,19H2. The molecule has 0 fully saturated rings. The number of halogens is 3. The second kappa shape index (κ2) is 5.83. The Morgan fingerprint density at radius 2 is 1.76 bits per heavy atom. The predicted octanol–water partition coefficient (Wildman–Crippen LogP) is 5.74. The van der Waals surface area contributed by atoms with Crippen molar-refractivity contribution < 1.29 is 0 Å². The lowest BCUT2D eigenvalue weighted by molar-refractivity contribution is 1.38. The fourth-order valence-corrected chi connectivity index (χ4v) is 3.10. The van der Waals surface area contributed by atoms with Crippen molar-refractivity contribution in [3.05, 3.63) is 56.6 Å². The van der Waals surface area contributed by atoms with Crippen LogP contribution in [0.3, 0.4) is 0 Å². The van der Waals surface area contributed by atoms with Gasteiger partial charge in [-0.15, -0.1) is 0 Å². The summed E-state index contributed by atoms with van der Waals surface area (Å²) in [5, 5.41) is 4.83. The number of anilines is 3. The first-order chi connectivity index (χ1) is 10.0. The zero-order valence-corrected chi connectivity index (χ0v) is 14.6. The summed E-state index contributed by atoms with van der Waals surface area (Å²) in [6.45, 7) is 0. The number of hydrogen-bond acceptors (Lipinski definition) is 3. The Balaban J connectivity index is 2.11. The summed E-state index contributed by atoms with van der Waals surface area (Å²) in [5.41, 5.74) is 9.18. The highest BCUT2D eigenvalue weighted by molar-refractivity contribution is 9.10. The minimum Gasteiger partial charge on any atom is -0.398 e. The SMILES string of the molecule is Nc1ccc(Nc2ccc(Br)cc2Cl)c2ncc(Br)cc12. The van der Waals surface area contributed by atoms with Crippen molar-refractivity contribution in [1.82, 2.24) is 4.98 Å². The Kier molecular flexibility index (Phi) is 4.06. The van der Waals surface area contributed by atoms with Crippen LogP contribution >= 0.6 is 43.5 Å². The molecule has 6 heteroatoms. The van der Waals surface area contributed by atoms with E-state index in [1.807, 2.05) is 36.4 Å². The third kappa shape index (κ3) is 3.00. The molecular formula is C15H10Br2ClN3. The van der Waals surface area contributed by atoms with Gasteiger partial charge in [-0.1, -0.05) is 27.5 Å². The molecule has 0 unspecified atom stereocenters. The van der Waals surface area contributed by atoms with Crippen LogP contribution in [-0.4, -0.2) is 4.98 Å². The molecule has 0 bridgehead atoms. The number of pyridine rings is 1. The summed E-state index contributed by atoms with van der Waals surface area (Å²) >= 11 is 13.0. The Morgan fingerprint density at radius 1 is 1.00 bits per heavy atom. The van der Waals surface area contributed by atoms with Crippen LogP contribution in [0, 0.1) is 0 Å². The van der Waals surface area contributed by atoms with Gasteiger partial charge >= 0.3 is 0 Å². The molecule has 1 aromatic heterocycles. The maximum atomic E-state index is 6.24. The van der Waals surface area contributed by atoms with Crippen LogP contribution in [0.1, 0.15) is 0 Å². The van der Waals surface area contributed by atoms with Gasteiger partial charge < -0.3 is 11.1 Å². The zero-order chi connectivity index (χ0) is 15.0. The van der Waals surface area contributed by atoms with E-state index in [9.17, 15) is 0 Å². The van der Waals surface area contributed by atoms with E-state index in [-0.39, 0.29) is 0 Å². The topological polar surface area (TPSA) is 50.9 Å². The number of benzene rings is 2. The number of aromatic nitrogens is 1. The largest absolute Gasteiger partial charge is 0.398 e. The average Bonchev–Trinajstić information content (AvgIpc) is 2.45. The molecule has 0 aliphatic carbocycles. The van der Waals surface area contributed by atoms with Crippen LogP contribution < -0.4 is 11.1 Å². The average molecular weight is 428 g/mol. The van der Waals surface area contributed by atoms with Gasteiger partial charge in [0.1, 0.15) is 0 Å². The molecule has 0 saturated carbocycles. The van der Waals surface area contributed by atoms with Crippen molar-refractivity contribution in [2.75, 3.05) is 11.1 Å². The van der Waals surface area contributed by atoms with Gasteiger partial charge in [0, 0.05) is 26.2 Å². The fourth-order valence-electron chi connectivity index (χ4n) is 2.05. The second-order valence-electron chi connectivity index (χ2n) is 4.50. The van der Waals surface area contributed by atoms with E-state index < -0.39 is 0 Å². The number of hydrogen-bond donors (Lipinski definition) is 2. The molecule has 1 heterocycles. The molecule has 0 saturated heterocycles. The van der Waals surface area contributed by atoms with Crippen LogP contribution in [0.4, 0.5) is 17.1 Å². The first kappa shape index (κ1) is 14.6. The molecule has 0 atom stereocenters. The van der Waals surface area contributed by atoms with Crippen molar-refractivity contribution >= 4 is 71.4 Å². The lowest BCUT2D eigenvalue weighted by atomic mass is 10.1. The van der Waals surface area contributed by atoms with E-state index in [1.165, 1.54) is 0 Å². The summed E-state index contributed by atoms with van der Waals surface area (Å²) < 4.78 is 1.82. The quantitative estimate of drug-likeness (QED) is 0.513. The molecule has 3 N–H and O–H groups in total. The van der Waals surface area contributed by atoms with Crippen LogP contribution in [0.25, 0.3) is 10.9 Å². The molecular weight excluding hydrogens is 417 g/mol. The monoisotopic (exact) mass is 425 g/mol. The van der Waals surface area contributed by atoms with Gasteiger partial charge in [-0.25, -0.2) is 0 Å². The highest BCUT2D eigenvalue weighted by atomic mass is 79.9. The Labute approximate surface area is 143 Å². The van der Waals surface area contributed by atoms with E-state index >= 15 is 0 Å². The predicted molar refractivity (Wildman–Crippen MR) is 96.3 cm³/mol. The van der Waals surface area contributed by atoms with Gasteiger partial charge in [-0.05, 0) is 52.3 Å². The van der Waals surface area contributed by atoms with Crippen LogP contribution in [0.5, 0.6) is 0 Å². The minimum atomic E-state index is 0.631. The number of nitrogens with one attached hydrogen (secondary N) is 1. The van der Waals surface area contributed by atoms with Gasteiger partial charge in [0.15, 0.2) is 0 Å². The number of nitrogen functional groups attached to an aromatic ring is 1. The van der Waals surface area contributed by atoms with Crippen molar-refractivity contribution in [3.63, 3.8) is 0 Å². The molecule has 3 rings (SSSR count). The summed E-state index contributed by atoms with van der Waals surface area (Å²) in [6, 6.07) is 11.4. The lowest BCUT2D eigenvalue weighted by Crippen LogP contribution is -1.96. The fraction of sp³-hybridized carbons (Fsp3) is 0. The highest BCUT2D eigenvalue weighted by Crippen LogP contribution is 2.33. The highest BCUT2D eigenvalue weighted by Gasteiger charge is 2.08. The van der Waals surface area contributed by atoms with E-state index in [2.05, 4.69) is 42.2 Å². The molecule has 0 aliphatic heterocycles. The van der Waals surface area contributed by atoms with Gasteiger partial charge in [-0.2, -0.15) is 0 Å². The first-order valence-corrected chi connectivity index (χ1v) is 8.07.